The average molecular weight is 534 g/mol. The van der Waals surface area contributed by atoms with E-state index in [0.717, 1.165) is 18.9 Å². The molecule has 2 heterocycles. The Hall–Kier alpha value is -2.54. The molecule has 12 heteroatoms. The summed E-state index contributed by atoms with van der Waals surface area (Å²) >= 11 is 0. The van der Waals surface area contributed by atoms with E-state index in [0.29, 0.717) is 41.7 Å². The predicted octanol–water partition coefficient (Wildman–Crippen LogP) is 3.22. The number of primary sulfonamides is 1. The summed E-state index contributed by atoms with van der Waals surface area (Å²) in [5.74, 6) is 0.182. The summed E-state index contributed by atoms with van der Waals surface area (Å²) in [6.07, 6.45) is 2.13. The van der Waals surface area contributed by atoms with Crippen LogP contribution in [0.15, 0.2) is 23.1 Å². The van der Waals surface area contributed by atoms with Crippen molar-refractivity contribution in [3.8, 4) is 11.3 Å². The highest BCUT2D eigenvalue weighted by atomic mass is 32.2. The minimum absolute atomic E-state index is 0.0262. The van der Waals surface area contributed by atoms with Gasteiger partial charge >= 0.3 is 0 Å². The molecule has 1 aromatic carbocycles. The summed E-state index contributed by atoms with van der Waals surface area (Å²) in [7, 11) is -5.47. The van der Waals surface area contributed by atoms with Crippen LogP contribution < -0.4 is 10.5 Å². The maximum atomic E-state index is 13.3. The summed E-state index contributed by atoms with van der Waals surface area (Å²) < 4.78 is 32.7. The Morgan fingerprint density at radius 2 is 1.97 bits per heavy atom. The zero-order valence-corrected chi connectivity index (χ0v) is 23.3. The molecule has 1 aromatic heterocycles. The van der Waals surface area contributed by atoms with E-state index in [1.165, 1.54) is 13.0 Å². The van der Waals surface area contributed by atoms with Crippen LogP contribution in [0.2, 0.25) is 25.7 Å². The van der Waals surface area contributed by atoms with Gasteiger partial charge in [-0.25, -0.2) is 18.2 Å². The SMILES string of the molecule is CC(=O)Nc1cc(-c2cc3c(c(S(N)(=O)=O)c2)C(=O)N(C(C)C2CC2)C3)n(COCC[Si](C)(C)C)n1. The first-order chi connectivity index (χ1) is 16.7. The largest absolute Gasteiger partial charge is 0.360 e. The number of carbonyl (C=O) groups excluding carboxylic acids is 2. The third-order valence-electron chi connectivity index (χ3n) is 6.69. The lowest BCUT2D eigenvalue weighted by atomic mass is 10.0. The maximum Gasteiger partial charge on any atom is 0.256 e. The van der Waals surface area contributed by atoms with Crippen LogP contribution in [0.1, 0.15) is 42.6 Å². The van der Waals surface area contributed by atoms with Crippen molar-refractivity contribution in [2.75, 3.05) is 11.9 Å². The van der Waals surface area contributed by atoms with Gasteiger partial charge in [0.15, 0.2) is 5.82 Å². The first-order valence-electron chi connectivity index (χ1n) is 12.2. The highest BCUT2D eigenvalue weighted by molar-refractivity contribution is 7.89. The average Bonchev–Trinajstić information content (AvgIpc) is 3.45. The van der Waals surface area contributed by atoms with Gasteiger partial charge in [-0.2, -0.15) is 5.10 Å². The minimum atomic E-state index is -4.18. The molecule has 1 aliphatic carbocycles. The normalized spacial score (nSPS) is 16.8. The summed E-state index contributed by atoms with van der Waals surface area (Å²) in [6.45, 7) is 11.2. The van der Waals surface area contributed by atoms with Gasteiger partial charge in [0.25, 0.3) is 5.91 Å². The molecule has 2 aromatic rings. The van der Waals surface area contributed by atoms with Crippen molar-refractivity contribution < 1.29 is 22.7 Å². The van der Waals surface area contributed by atoms with Gasteiger partial charge in [0.05, 0.1) is 16.2 Å². The van der Waals surface area contributed by atoms with Crippen LogP contribution >= 0.6 is 0 Å². The van der Waals surface area contributed by atoms with Gasteiger partial charge in [0.2, 0.25) is 15.9 Å². The van der Waals surface area contributed by atoms with Gasteiger partial charge in [-0.1, -0.05) is 19.6 Å². The van der Waals surface area contributed by atoms with E-state index in [9.17, 15) is 18.0 Å². The van der Waals surface area contributed by atoms with Crippen LogP contribution in [-0.4, -0.2) is 55.6 Å². The summed E-state index contributed by atoms with van der Waals surface area (Å²) in [6, 6.07) is 5.91. The van der Waals surface area contributed by atoms with Crippen LogP contribution in [0.4, 0.5) is 5.82 Å². The van der Waals surface area contributed by atoms with Crippen LogP contribution in [0.25, 0.3) is 11.3 Å². The number of fused-ring (bicyclic) bond motifs is 1. The molecule has 1 saturated carbocycles. The maximum absolute atomic E-state index is 13.3. The number of aromatic nitrogens is 2. The highest BCUT2D eigenvalue weighted by Gasteiger charge is 2.41. The molecular formula is C24H35N5O5SSi. The van der Waals surface area contributed by atoms with Gasteiger partial charge in [-0.15, -0.1) is 0 Å². The van der Waals surface area contributed by atoms with E-state index >= 15 is 0 Å². The molecule has 196 valence electrons. The molecule has 1 atom stereocenters. The van der Waals surface area contributed by atoms with Gasteiger partial charge in [0.1, 0.15) is 6.73 Å². The lowest BCUT2D eigenvalue weighted by Gasteiger charge is -2.24. The van der Waals surface area contributed by atoms with Crippen molar-refractivity contribution in [2.24, 2.45) is 11.1 Å². The fourth-order valence-corrected chi connectivity index (χ4v) is 6.04. The summed E-state index contributed by atoms with van der Waals surface area (Å²) in [4.78, 5) is 26.4. The molecule has 4 rings (SSSR count). The number of hydrogen-bond donors (Lipinski definition) is 2. The number of hydrogen-bond acceptors (Lipinski definition) is 6. The zero-order chi connectivity index (χ0) is 26.4. The lowest BCUT2D eigenvalue weighted by molar-refractivity contribution is -0.114. The Labute approximate surface area is 213 Å². The Morgan fingerprint density at radius 1 is 1.28 bits per heavy atom. The van der Waals surface area contributed by atoms with Crippen molar-refractivity contribution in [3.63, 3.8) is 0 Å². The molecule has 3 N–H and O–H groups in total. The topological polar surface area (TPSA) is 137 Å². The first kappa shape index (κ1) is 26.5. The smallest absolute Gasteiger partial charge is 0.256 e. The Bertz CT molecular complexity index is 1300. The molecule has 1 aliphatic heterocycles. The number of anilines is 1. The number of sulfonamides is 1. The first-order valence-corrected chi connectivity index (χ1v) is 17.4. The van der Waals surface area contributed by atoms with Crippen LogP contribution in [0, 0.1) is 5.92 Å². The quantitative estimate of drug-likeness (QED) is 0.355. The van der Waals surface area contributed by atoms with Crippen molar-refractivity contribution in [1.29, 1.82) is 0 Å². The Kier molecular flexibility index (Phi) is 7.17. The fourth-order valence-electron chi connectivity index (χ4n) is 4.49. The zero-order valence-electron chi connectivity index (χ0n) is 21.5. The highest BCUT2D eigenvalue weighted by Crippen LogP contribution is 2.40. The van der Waals surface area contributed by atoms with Crippen molar-refractivity contribution in [2.45, 2.75) is 76.6 Å². The number of nitrogens with two attached hydrogens (primary N) is 1. The predicted molar refractivity (Wildman–Crippen MR) is 140 cm³/mol. The monoisotopic (exact) mass is 533 g/mol. The number of rotatable bonds is 10. The lowest BCUT2D eigenvalue weighted by Crippen LogP contribution is -2.35. The summed E-state index contributed by atoms with van der Waals surface area (Å²) in [5.41, 5.74) is 1.85. The molecule has 1 fully saturated rings. The minimum Gasteiger partial charge on any atom is -0.360 e. The van der Waals surface area contributed by atoms with E-state index in [4.69, 9.17) is 9.88 Å². The molecule has 10 nitrogen and oxygen atoms in total. The molecular weight excluding hydrogens is 498 g/mol. The molecule has 2 amide bonds. The third kappa shape index (κ3) is 5.88. The fraction of sp³-hybridized carbons (Fsp3) is 0.542. The Balaban J connectivity index is 1.73. The third-order valence-corrected chi connectivity index (χ3v) is 9.33. The van der Waals surface area contributed by atoms with E-state index < -0.39 is 18.1 Å². The second-order valence-electron chi connectivity index (χ2n) is 11.0. The number of amides is 2. The van der Waals surface area contributed by atoms with Gasteiger partial charge < -0.3 is 15.0 Å². The van der Waals surface area contributed by atoms with E-state index in [2.05, 4.69) is 30.1 Å². The van der Waals surface area contributed by atoms with E-state index in [1.807, 2.05) is 13.0 Å². The second kappa shape index (κ2) is 9.73. The van der Waals surface area contributed by atoms with Gasteiger partial charge in [-0.05, 0) is 49.4 Å². The molecule has 2 aliphatic rings. The molecule has 0 radical (unpaired) electrons. The van der Waals surface area contributed by atoms with Crippen molar-refractivity contribution >= 4 is 35.7 Å². The summed E-state index contributed by atoms with van der Waals surface area (Å²) in [5, 5.41) is 12.7. The number of nitrogens with one attached hydrogen (secondary N) is 1. The molecule has 0 saturated heterocycles. The molecule has 36 heavy (non-hydrogen) atoms. The molecule has 0 bridgehead atoms. The second-order valence-corrected chi connectivity index (χ2v) is 18.2. The molecule has 1 unspecified atom stereocenters. The van der Waals surface area contributed by atoms with Crippen LogP contribution in [-0.2, 0) is 32.8 Å². The van der Waals surface area contributed by atoms with Gasteiger partial charge in [-0.3, -0.25) is 9.59 Å². The van der Waals surface area contributed by atoms with E-state index in [-0.39, 0.29) is 35.0 Å². The number of nitrogens with zero attached hydrogens (tertiary/aromatic N) is 3. The van der Waals surface area contributed by atoms with Gasteiger partial charge in [0, 0.05) is 45.8 Å². The Morgan fingerprint density at radius 3 is 2.56 bits per heavy atom. The van der Waals surface area contributed by atoms with Crippen molar-refractivity contribution in [1.82, 2.24) is 14.7 Å². The standard InChI is InChI=1S/C24H35N5O5SSi/c1-15(17-6-7-17)28-13-19-10-18(11-21(35(25,32)33)23(19)24(28)31)20-12-22(26-16(2)30)27-29(20)14-34-8-9-36(3,4)5/h10-12,15,17H,6-9,13-14H2,1-5H3,(H2,25,32,33)(H,26,27,30). The van der Waals surface area contributed by atoms with Crippen LogP contribution in [0.3, 0.4) is 0 Å². The number of ether oxygens (including phenoxy) is 1. The van der Waals surface area contributed by atoms with E-state index in [1.54, 1.807) is 15.6 Å². The van der Waals surface area contributed by atoms with Crippen LogP contribution in [0.5, 0.6) is 0 Å². The van der Waals surface area contributed by atoms with Crippen molar-refractivity contribution in [3.05, 3.63) is 29.3 Å². The number of benzene rings is 1. The molecule has 0 spiro atoms. The number of carbonyl (C=O) groups is 2.